The van der Waals surface area contributed by atoms with Gasteiger partial charge in [0.2, 0.25) is 0 Å². The van der Waals surface area contributed by atoms with Crippen LogP contribution in [0.3, 0.4) is 0 Å². The van der Waals surface area contributed by atoms with Crippen molar-refractivity contribution in [3.63, 3.8) is 0 Å². The monoisotopic (exact) mass is 300 g/mol. The van der Waals surface area contributed by atoms with Crippen molar-refractivity contribution in [1.82, 2.24) is 9.78 Å². The molecule has 0 saturated carbocycles. The summed E-state index contributed by atoms with van der Waals surface area (Å²) in [7, 11) is 0. The number of hydrogen-bond acceptors (Lipinski definition) is 2. The number of aliphatic hydroxyl groups excluding tert-OH is 1. The Balaban J connectivity index is 1.99. The molecule has 0 bridgehead atoms. The number of aliphatic hydroxyl groups is 1. The number of nitrogens with zero attached hydrogens (tertiary/aromatic N) is 2. The Labute approximate surface area is 126 Å². The van der Waals surface area contributed by atoms with Crippen LogP contribution in [0.25, 0.3) is 5.69 Å². The zero-order valence-electron chi connectivity index (χ0n) is 11.7. The van der Waals surface area contributed by atoms with Crippen LogP contribution in [-0.2, 0) is 13.0 Å². The summed E-state index contributed by atoms with van der Waals surface area (Å²) in [5.41, 5.74) is 2.30. The van der Waals surface area contributed by atoms with Gasteiger partial charge in [0.1, 0.15) is 17.3 Å². The van der Waals surface area contributed by atoms with Crippen molar-refractivity contribution in [3.05, 3.63) is 83.2 Å². The van der Waals surface area contributed by atoms with Crippen molar-refractivity contribution in [2.24, 2.45) is 0 Å². The van der Waals surface area contributed by atoms with Crippen LogP contribution in [0.2, 0.25) is 0 Å². The van der Waals surface area contributed by atoms with E-state index in [0.29, 0.717) is 12.1 Å². The molecule has 0 radical (unpaired) electrons. The lowest BCUT2D eigenvalue weighted by atomic mass is 10.1. The van der Waals surface area contributed by atoms with Crippen LogP contribution in [0.5, 0.6) is 0 Å². The molecule has 3 aromatic rings. The van der Waals surface area contributed by atoms with E-state index in [0.717, 1.165) is 29.3 Å². The van der Waals surface area contributed by atoms with Gasteiger partial charge in [0.15, 0.2) is 0 Å². The Morgan fingerprint density at radius 3 is 2.55 bits per heavy atom. The topological polar surface area (TPSA) is 38.1 Å². The largest absolute Gasteiger partial charge is 0.390 e. The summed E-state index contributed by atoms with van der Waals surface area (Å²) < 4.78 is 28.4. The second kappa shape index (κ2) is 6.07. The molecule has 22 heavy (non-hydrogen) atoms. The summed E-state index contributed by atoms with van der Waals surface area (Å²) in [4.78, 5) is 0. The summed E-state index contributed by atoms with van der Waals surface area (Å²) in [6.07, 6.45) is 2.18. The van der Waals surface area contributed by atoms with E-state index in [2.05, 4.69) is 5.10 Å². The van der Waals surface area contributed by atoms with E-state index in [1.807, 2.05) is 30.3 Å². The molecule has 0 unspecified atom stereocenters. The summed E-state index contributed by atoms with van der Waals surface area (Å²) in [5, 5.41) is 13.6. The van der Waals surface area contributed by atoms with Crippen LogP contribution in [0.4, 0.5) is 8.78 Å². The maximum atomic E-state index is 13.8. The Bertz CT molecular complexity index is 785. The van der Waals surface area contributed by atoms with Crippen LogP contribution >= 0.6 is 0 Å². The minimum absolute atomic E-state index is 0.0222. The van der Waals surface area contributed by atoms with Crippen molar-refractivity contribution in [2.75, 3.05) is 0 Å². The van der Waals surface area contributed by atoms with Gasteiger partial charge in [0, 0.05) is 24.2 Å². The summed E-state index contributed by atoms with van der Waals surface area (Å²) in [5.74, 6) is -1.11. The maximum absolute atomic E-state index is 13.8. The minimum atomic E-state index is -0.570. The third kappa shape index (κ3) is 2.89. The average molecular weight is 300 g/mol. The SMILES string of the molecule is OCc1nn(-c2cc(F)ccc2F)cc1Cc1ccccc1. The molecule has 3 rings (SSSR count). The van der Waals surface area contributed by atoms with Gasteiger partial charge < -0.3 is 5.11 Å². The van der Waals surface area contributed by atoms with Crippen molar-refractivity contribution in [3.8, 4) is 5.69 Å². The van der Waals surface area contributed by atoms with Gasteiger partial charge >= 0.3 is 0 Å². The van der Waals surface area contributed by atoms with E-state index < -0.39 is 11.6 Å². The van der Waals surface area contributed by atoms with Crippen LogP contribution in [0.1, 0.15) is 16.8 Å². The molecule has 0 saturated heterocycles. The zero-order chi connectivity index (χ0) is 15.5. The average Bonchev–Trinajstić information content (AvgIpc) is 2.93. The van der Waals surface area contributed by atoms with Gasteiger partial charge in [-0.2, -0.15) is 5.10 Å². The molecule has 112 valence electrons. The fourth-order valence-corrected chi connectivity index (χ4v) is 2.33. The summed E-state index contributed by atoms with van der Waals surface area (Å²) in [6.45, 7) is -0.258. The second-order valence-electron chi connectivity index (χ2n) is 4.96. The number of rotatable bonds is 4. The van der Waals surface area contributed by atoms with Gasteiger partial charge in [-0.05, 0) is 17.7 Å². The van der Waals surface area contributed by atoms with Crippen LogP contribution in [0.15, 0.2) is 54.7 Å². The number of hydrogen-bond donors (Lipinski definition) is 1. The first-order valence-corrected chi connectivity index (χ1v) is 6.85. The molecule has 0 aliphatic heterocycles. The first-order chi connectivity index (χ1) is 10.7. The Kier molecular flexibility index (Phi) is 3.98. The summed E-state index contributed by atoms with van der Waals surface area (Å²) in [6, 6.07) is 12.9. The van der Waals surface area contributed by atoms with Crippen LogP contribution < -0.4 is 0 Å². The van der Waals surface area contributed by atoms with Gasteiger partial charge in [-0.3, -0.25) is 0 Å². The first-order valence-electron chi connectivity index (χ1n) is 6.85. The highest BCUT2D eigenvalue weighted by atomic mass is 19.1. The molecular weight excluding hydrogens is 286 g/mol. The highest BCUT2D eigenvalue weighted by molar-refractivity contribution is 5.36. The predicted octanol–water partition coefficient (Wildman–Crippen LogP) is 3.23. The fraction of sp³-hybridized carbons (Fsp3) is 0.118. The quantitative estimate of drug-likeness (QED) is 0.803. The molecule has 0 aliphatic carbocycles. The molecule has 0 spiro atoms. The molecule has 1 N–H and O–H groups in total. The third-order valence-electron chi connectivity index (χ3n) is 3.42. The smallest absolute Gasteiger partial charge is 0.149 e. The Morgan fingerprint density at radius 2 is 1.82 bits per heavy atom. The lowest BCUT2D eigenvalue weighted by Crippen LogP contribution is -2.00. The van der Waals surface area contributed by atoms with E-state index in [9.17, 15) is 13.9 Å². The van der Waals surface area contributed by atoms with Gasteiger partial charge in [0.25, 0.3) is 0 Å². The molecule has 0 atom stereocenters. The highest BCUT2D eigenvalue weighted by Crippen LogP contribution is 2.19. The molecule has 1 aromatic heterocycles. The van der Waals surface area contributed by atoms with Crippen molar-refractivity contribution in [2.45, 2.75) is 13.0 Å². The number of benzene rings is 2. The summed E-state index contributed by atoms with van der Waals surface area (Å²) >= 11 is 0. The van der Waals surface area contributed by atoms with E-state index in [4.69, 9.17) is 0 Å². The van der Waals surface area contributed by atoms with Crippen molar-refractivity contribution >= 4 is 0 Å². The van der Waals surface area contributed by atoms with E-state index in [-0.39, 0.29) is 12.3 Å². The van der Waals surface area contributed by atoms with Crippen molar-refractivity contribution < 1.29 is 13.9 Å². The molecular formula is C17H14F2N2O. The molecule has 0 amide bonds. The zero-order valence-corrected chi connectivity index (χ0v) is 11.7. The maximum Gasteiger partial charge on any atom is 0.149 e. The third-order valence-corrected chi connectivity index (χ3v) is 3.42. The van der Waals surface area contributed by atoms with Gasteiger partial charge in [-0.15, -0.1) is 0 Å². The van der Waals surface area contributed by atoms with E-state index in [1.54, 1.807) is 6.20 Å². The normalized spacial score (nSPS) is 10.9. The lowest BCUT2D eigenvalue weighted by molar-refractivity contribution is 0.275. The van der Waals surface area contributed by atoms with Gasteiger partial charge in [-0.1, -0.05) is 30.3 Å². The van der Waals surface area contributed by atoms with Crippen LogP contribution in [0, 0.1) is 11.6 Å². The van der Waals surface area contributed by atoms with E-state index >= 15 is 0 Å². The lowest BCUT2D eigenvalue weighted by Gasteiger charge is -2.02. The number of aromatic nitrogens is 2. The molecule has 3 nitrogen and oxygen atoms in total. The standard InChI is InChI=1S/C17H14F2N2O/c18-14-6-7-15(19)17(9-14)21-10-13(16(11-22)20-21)8-12-4-2-1-3-5-12/h1-7,9-10,22H,8,11H2. The van der Waals surface area contributed by atoms with Crippen LogP contribution in [-0.4, -0.2) is 14.9 Å². The Hall–Kier alpha value is -2.53. The van der Waals surface area contributed by atoms with Crippen molar-refractivity contribution in [1.29, 1.82) is 0 Å². The minimum Gasteiger partial charge on any atom is -0.390 e. The fourth-order valence-electron chi connectivity index (χ4n) is 2.33. The number of halogens is 2. The second-order valence-corrected chi connectivity index (χ2v) is 4.96. The predicted molar refractivity (Wildman–Crippen MR) is 78.7 cm³/mol. The van der Waals surface area contributed by atoms with Gasteiger partial charge in [0.05, 0.1) is 12.3 Å². The Morgan fingerprint density at radius 1 is 1.05 bits per heavy atom. The molecule has 5 heteroatoms. The first kappa shape index (κ1) is 14.4. The van der Waals surface area contributed by atoms with Gasteiger partial charge in [-0.25, -0.2) is 13.5 Å². The highest BCUT2D eigenvalue weighted by Gasteiger charge is 2.13. The van der Waals surface area contributed by atoms with E-state index in [1.165, 1.54) is 4.68 Å². The molecule has 0 aliphatic rings. The molecule has 1 heterocycles. The molecule has 2 aromatic carbocycles. The molecule has 0 fully saturated rings.